The van der Waals surface area contributed by atoms with Crippen molar-refractivity contribution in [2.75, 3.05) is 13.1 Å². The van der Waals surface area contributed by atoms with Gasteiger partial charge in [0.05, 0.1) is 0 Å². The van der Waals surface area contributed by atoms with E-state index in [1.807, 2.05) is 31.7 Å². The Morgan fingerprint density at radius 2 is 2.00 bits per heavy atom. The molecule has 2 atom stereocenters. The van der Waals surface area contributed by atoms with Gasteiger partial charge in [0.1, 0.15) is 0 Å². The van der Waals surface area contributed by atoms with Gasteiger partial charge in [-0.3, -0.25) is 4.79 Å². The van der Waals surface area contributed by atoms with Gasteiger partial charge in [0, 0.05) is 18.5 Å². The van der Waals surface area contributed by atoms with E-state index in [-0.39, 0.29) is 11.3 Å². The van der Waals surface area contributed by atoms with E-state index < -0.39 is 0 Å². The van der Waals surface area contributed by atoms with E-state index in [1.54, 1.807) is 0 Å². The van der Waals surface area contributed by atoms with Crippen molar-refractivity contribution >= 4 is 5.91 Å². The Hall–Kier alpha value is -1.05. The highest BCUT2D eigenvalue weighted by Gasteiger charge is 2.50. The minimum Gasteiger partial charge on any atom is -0.338 e. The summed E-state index contributed by atoms with van der Waals surface area (Å²) in [5, 5.41) is 0. The van der Waals surface area contributed by atoms with Gasteiger partial charge in [0.2, 0.25) is 5.91 Å². The Kier molecular flexibility index (Phi) is 5.83. The van der Waals surface area contributed by atoms with E-state index in [4.69, 9.17) is 0 Å². The third-order valence-electron chi connectivity index (χ3n) is 4.53. The molecule has 1 amide bonds. The van der Waals surface area contributed by atoms with Crippen molar-refractivity contribution in [3.05, 3.63) is 24.3 Å². The third kappa shape index (κ3) is 5.33. The SMILES string of the molecule is C=CCN(CC1CC1(C)CCC=C(C)C)C(=O)C(C)(C)C. The number of carbonyl (C=O) groups is 1. The predicted molar refractivity (Wildman–Crippen MR) is 91.1 cm³/mol. The van der Waals surface area contributed by atoms with E-state index in [0.29, 0.717) is 17.9 Å². The van der Waals surface area contributed by atoms with Crippen LogP contribution in [0.3, 0.4) is 0 Å². The van der Waals surface area contributed by atoms with Gasteiger partial charge < -0.3 is 4.90 Å². The first kappa shape index (κ1) is 18.0. The molecule has 0 saturated heterocycles. The summed E-state index contributed by atoms with van der Waals surface area (Å²) in [6.45, 7) is 18.0. The van der Waals surface area contributed by atoms with Crippen LogP contribution in [0.1, 0.15) is 60.8 Å². The molecule has 2 heteroatoms. The topological polar surface area (TPSA) is 20.3 Å². The highest BCUT2D eigenvalue weighted by atomic mass is 16.2. The van der Waals surface area contributed by atoms with Gasteiger partial charge in [-0.25, -0.2) is 0 Å². The minimum absolute atomic E-state index is 0.237. The van der Waals surface area contributed by atoms with Crippen molar-refractivity contribution < 1.29 is 4.79 Å². The smallest absolute Gasteiger partial charge is 0.228 e. The Morgan fingerprint density at radius 1 is 1.38 bits per heavy atom. The van der Waals surface area contributed by atoms with Crippen LogP contribution in [0.2, 0.25) is 0 Å². The molecule has 0 aromatic carbocycles. The molecule has 21 heavy (non-hydrogen) atoms. The van der Waals surface area contributed by atoms with Crippen LogP contribution < -0.4 is 0 Å². The van der Waals surface area contributed by atoms with Crippen molar-refractivity contribution in [3.63, 3.8) is 0 Å². The molecule has 1 saturated carbocycles. The fourth-order valence-corrected chi connectivity index (χ4v) is 2.92. The molecular weight excluding hydrogens is 258 g/mol. The lowest BCUT2D eigenvalue weighted by Crippen LogP contribution is -2.41. The number of rotatable bonds is 7. The lowest BCUT2D eigenvalue weighted by Gasteiger charge is -2.29. The van der Waals surface area contributed by atoms with Gasteiger partial charge >= 0.3 is 0 Å². The normalized spacial score (nSPS) is 24.4. The first-order valence-electron chi connectivity index (χ1n) is 8.14. The summed E-state index contributed by atoms with van der Waals surface area (Å²) in [6, 6.07) is 0. The van der Waals surface area contributed by atoms with Gasteiger partial charge in [0.25, 0.3) is 0 Å². The molecule has 0 radical (unpaired) electrons. The van der Waals surface area contributed by atoms with Crippen LogP contribution in [0.5, 0.6) is 0 Å². The van der Waals surface area contributed by atoms with E-state index in [0.717, 1.165) is 13.0 Å². The summed E-state index contributed by atoms with van der Waals surface area (Å²) >= 11 is 0. The first-order chi connectivity index (χ1) is 9.60. The highest BCUT2D eigenvalue weighted by Crippen LogP contribution is 2.56. The van der Waals surface area contributed by atoms with Gasteiger partial charge in [-0.2, -0.15) is 0 Å². The van der Waals surface area contributed by atoms with Crippen molar-refractivity contribution in [3.8, 4) is 0 Å². The molecular formula is C19H33NO. The van der Waals surface area contributed by atoms with Crippen molar-refractivity contribution in [2.24, 2.45) is 16.7 Å². The fraction of sp³-hybridized carbons (Fsp3) is 0.737. The predicted octanol–water partition coefficient (Wildman–Crippen LogP) is 4.82. The fourth-order valence-electron chi connectivity index (χ4n) is 2.92. The molecule has 0 bridgehead atoms. The molecule has 1 rings (SSSR count). The molecule has 0 aromatic rings. The van der Waals surface area contributed by atoms with E-state index >= 15 is 0 Å². The van der Waals surface area contributed by atoms with Crippen molar-refractivity contribution in [2.45, 2.75) is 60.8 Å². The van der Waals surface area contributed by atoms with Gasteiger partial charge in [-0.15, -0.1) is 6.58 Å². The Balaban J connectivity index is 2.57. The zero-order valence-corrected chi connectivity index (χ0v) is 14.8. The summed E-state index contributed by atoms with van der Waals surface area (Å²) in [5.74, 6) is 0.885. The number of amides is 1. The summed E-state index contributed by atoms with van der Waals surface area (Å²) < 4.78 is 0. The Labute approximate surface area is 131 Å². The highest BCUT2D eigenvalue weighted by molar-refractivity contribution is 5.81. The van der Waals surface area contributed by atoms with Gasteiger partial charge in [0.15, 0.2) is 0 Å². The largest absolute Gasteiger partial charge is 0.338 e. The summed E-state index contributed by atoms with van der Waals surface area (Å²) in [5.41, 5.74) is 1.51. The maximum atomic E-state index is 12.5. The van der Waals surface area contributed by atoms with Crippen LogP contribution in [0, 0.1) is 16.7 Å². The van der Waals surface area contributed by atoms with Crippen LogP contribution >= 0.6 is 0 Å². The average molecular weight is 291 g/mol. The lowest BCUT2D eigenvalue weighted by molar-refractivity contribution is -0.139. The van der Waals surface area contributed by atoms with Gasteiger partial charge in [-0.1, -0.05) is 45.4 Å². The molecule has 120 valence electrons. The summed E-state index contributed by atoms with van der Waals surface area (Å²) in [7, 11) is 0. The van der Waals surface area contributed by atoms with Crippen LogP contribution in [-0.2, 0) is 4.79 Å². The number of nitrogens with zero attached hydrogens (tertiary/aromatic N) is 1. The number of hydrogen-bond acceptors (Lipinski definition) is 1. The molecule has 2 nitrogen and oxygen atoms in total. The zero-order chi connectivity index (χ0) is 16.3. The molecule has 1 fully saturated rings. The Morgan fingerprint density at radius 3 is 2.48 bits per heavy atom. The monoisotopic (exact) mass is 291 g/mol. The molecule has 0 aliphatic heterocycles. The summed E-state index contributed by atoms with van der Waals surface area (Å²) in [4.78, 5) is 14.5. The second kappa shape index (κ2) is 6.81. The van der Waals surface area contributed by atoms with E-state index in [2.05, 4.69) is 33.4 Å². The van der Waals surface area contributed by atoms with Gasteiger partial charge in [-0.05, 0) is 44.4 Å². The molecule has 0 heterocycles. The lowest BCUT2D eigenvalue weighted by atomic mass is 9.94. The standard InChI is InChI=1S/C19H33NO/c1-8-12-20(17(21)18(4,5)6)14-16-13-19(16,7)11-9-10-15(2)3/h8,10,16H,1,9,11-14H2,2-7H3. The van der Waals surface area contributed by atoms with Crippen molar-refractivity contribution in [1.82, 2.24) is 4.90 Å². The molecule has 0 aromatic heterocycles. The molecule has 1 aliphatic rings. The average Bonchev–Trinajstić information content (AvgIpc) is 2.96. The quantitative estimate of drug-likeness (QED) is 0.616. The van der Waals surface area contributed by atoms with Crippen LogP contribution in [0.4, 0.5) is 0 Å². The minimum atomic E-state index is -0.309. The molecule has 0 N–H and O–H groups in total. The van der Waals surface area contributed by atoms with Crippen LogP contribution in [-0.4, -0.2) is 23.9 Å². The third-order valence-corrected chi connectivity index (χ3v) is 4.53. The zero-order valence-electron chi connectivity index (χ0n) is 14.8. The molecule has 2 unspecified atom stereocenters. The van der Waals surface area contributed by atoms with Crippen LogP contribution in [0.25, 0.3) is 0 Å². The van der Waals surface area contributed by atoms with E-state index in [9.17, 15) is 4.79 Å². The number of allylic oxidation sites excluding steroid dienone is 2. The van der Waals surface area contributed by atoms with E-state index in [1.165, 1.54) is 18.4 Å². The molecule has 0 spiro atoms. The molecule has 1 aliphatic carbocycles. The first-order valence-corrected chi connectivity index (χ1v) is 8.14. The second-order valence-corrected chi connectivity index (χ2v) is 8.12. The number of hydrogen-bond donors (Lipinski definition) is 0. The number of carbonyl (C=O) groups excluding carboxylic acids is 1. The maximum absolute atomic E-state index is 12.5. The Bertz CT molecular complexity index is 412. The van der Waals surface area contributed by atoms with Crippen LogP contribution in [0.15, 0.2) is 24.3 Å². The summed E-state index contributed by atoms with van der Waals surface area (Å²) in [6.07, 6.45) is 7.79. The second-order valence-electron chi connectivity index (χ2n) is 8.12. The maximum Gasteiger partial charge on any atom is 0.228 e. The van der Waals surface area contributed by atoms with Crippen molar-refractivity contribution in [1.29, 1.82) is 0 Å².